The van der Waals surface area contributed by atoms with Crippen molar-refractivity contribution in [1.29, 1.82) is 0 Å². The Labute approximate surface area is 145 Å². The third-order valence-corrected chi connectivity index (χ3v) is 5.76. The molecular formula is C19H32N4O. The second kappa shape index (κ2) is 8.65. The van der Waals surface area contributed by atoms with E-state index in [9.17, 15) is 4.79 Å². The molecule has 2 aliphatic rings. The van der Waals surface area contributed by atoms with Gasteiger partial charge in [-0.25, -0.2) is 4.98 Å². The summed E-state index contributed by atoms with van der Waals surface area (Å²) in [7, 11) is 0. The van der Waals surface area contributed by atoms with Crippen LogP contribution in [0, 0.1) is 5.92 Å². The number of piperidine rings is 2. The minimum absolute atomic E-state index is 0.209. The van der Waals surface area contributed by atoms with Crippen LogP contribution in [-0.2, 0) is 17.8 Å². The number of hydrogen-bond acceptors (Lipinski definition) is 3. The van der Waals surface area contributed by atoms with Crippen LogP contribution < -0.4 is 5.32 Å². The van der Waals surface area contributed by atoms with Crippen LogP contribution in [0.1, 0.15) is 57.7 Å². The molecule has 0 bridgehead atoms. The summed E-state index contributed by atoms with van der Waals surface area (Å²) in [6.07, 6.45) is 13.2. The van der Waals surface area contributed by atoms with Gasteiger partial charge in [0, 0.05) is 44.4 Å². The zero-order valence-corrected chi connectivity index (χ0v) is 15.0. The Morgan fingerprint density at radius 2 is 2.17 bits per heavy atom. The Balaban J connectivity index is 1.37. The maximum atomic E-state index is 12.2. The molecule has 3 rings (SSSR count). The van der Waals surface area contributed by atoms with E-state index < -0.39 is 0 Å². The Hall–Kier alpha value is -1.36. The van der Waals surface area contributed by atoms with Crippen LogP contribution in [0.15, 0.2) is 12.4 Å². The molecule has 3 heterocycles. The molecule has 1 aromatic heterocycles. The van der Waals surface area contributed by atoms with E-state index in [-0.39, 0.29) is 5.91 Å². The number of aryl methyl sites for hydroxylation is 1. The molecule has 5 heteroatoms. The number of nitrogens with zero attached hydrogens (tertiary/aromatic N) is 3. The summed E-state index contributed by atoms with van der Waals surface area (Å²) < 4.78 is 2.13. The largest absolute Gasteiger partial charge is 0.354 e. The lowest BCUT2D eigenvalue weighted by atomic mass is 9.81. The predicted molar refractivity (Wildman–Crippen MR) is 95.8 cm³/mol. The number of carbonyl (C=O) groups is 1. The SMILES string of the molecule is CCc1nccn1CCNC(=O)CC[C@@H]1CCCN2CCCC[C@H]12. The van der Waals surface area contributed by atoms with Crippen molar-refractivity contribution >= 4 is 5.91 Å². The molecule has 0 unspecified atom stereocenters. The number of hydrogen-bond donors (Lipinski definition) is 1. The molecular weight excluding hydrogens is 300 g/mol. The van der Waals surface area contributed by atoms with Crippen LogP contribution >= 0.6 is 0 Å². The molecule has 1 amide bonds. The maximum absolute atomic E-state index is 12.2. The summed E-state index contributed by atoms with van der Waals surface area (Å²) in [5, 5.41) is 3.08. The molecule has 5 nitrogen and oxygen atoms in total. The van der Waals surface area contributed by atoms with E-state index in [4.69, 9.17) is 0 Å². The van der Waals surface area contributed by atoms with Gasteiger partial charge in [-0.05, 0) is 51.1 Å². The van der Waals surface area contributed by atoms with Crippen molar-refractivity contribution in [2.24, 2.45) is 5.92 Å². The normalized spacial score (nSPS) is 24.5. The van der Waals surface area contributed by atoms with Gasteiger partial charge in [0.2, 0.25) is 5.91 Å². The minimum atomic E-state index is 0.209. The fraction of sp³-hybridized carbons (Fsp3) is 0.789. The molecule has 2 fully saturated rings. The van der Waals surface area contributed by atoms with Gasteiger partial charge in [-0.3, -0.25) is 4.79 Å². The lowest BCUT2D eigenvalue weighted by molar-refractivity contribution is -0.121. The van der Waals surface area contributed by atoms with Crippen LogP contribution in [0.3, 0.4) is 0 Å². The monoisotopic (exact) mass is 332 g/mol. The minimum Gasteiger partial charge on any atom is -0.354 e. The quantitative estimate of drug-likeness (QED) is 0.835. The van der Waals surface area contributed by atoms with Crippen molar-refractivity contribution in [3.05, 3.63) is 18.2 Å². The zero-order chi connectivity index (χ0) is 16.8. The van der Waals surface area contributed by atoms with E-state index in [0.717, 1.165) is 37.2 Å². The molecule has 0 aromatic carbocycles. The van der Waals surface area contributed by atoms with Crippen molar-refractivity contribution < 1.29 is 4.79 Å². The fourth-order valence-electron chi connectivity index (χ4n) is 4.49. The fourth-order valence-corrected chi connectivity index (χ4v) is 4.49. The van der Waals surface area contributed by atoms with Crippen LogP contribution in [0.5, 0.6) is 0 Å². The van der Waals surface area contributed by atoms with E-state index >= 15 is 0 Å². The van der Waals surface area contributed by atoms with Crippen molar-refractivity contribution in [3.8, 4) is 0 Å². The average molecular weight is 332 g/mol. The molecule has 0 saturated carbocycles. The Bertz CT molecular complexity index is 525. The third kappa shape index (κ3) is 4.38. The summed E-state index contributed by atoms with van der Waals surface area (Å²) in [6.45, 7) is 6.17. The summed E-state index contributed by atoms with van der Waals surface area (Å²) in [6, 6.07) is 0.748. The van der Waals surface area contributed by atoms with Gasteiger partial charge in [-0.1, -0.05) is 13.3 Å². The molecule has 0 aliphatic carbocycles. The van der Waals surface area contributed by atoms with Gasteiger partial charge in [0.25, 0.3) is 0 Å². The van der Waals surface area contributed by atoms with Crippen LogP contribution in [0.2, 0.25) is 0 Å². The smallest absolute Gasteiger partial charge is 0.220 e. The lowest BCUT2D eigenvalue weighted by Gasteiger charge is -2.44. The second-order valence-electron chi connectivity index (χ2n) is 7.28. The van der Waals surface area contributed by atoms with Crippen LogP contribution in [0.4, 0.5) is 0 Å². The van der Waals surface area contributed by atoms with Gasteiger partial charge in [0.15, 0.2) is 0 Å². The molecule has 134 valence electrons. The molecule has 1 N–H and O–H groups in total. The van der Waals surface area contributed by atoms with Gasteiger partial charge >= 0.3 is 0 Å². The van der Waals surface area contributed by atoms with E-state index in [1.54, 1.807) is 0 Å². The van der Waals surface area contributed by atoms with Crippen molar-refractivity contribution in [1.82, 2.24) is 19.8 Å². The summed E-state index contributed by atoms with van der Waals surface area (Å²) in [5.74, 6) is 2.02. The topological polar surface area (TPSA) is 50.2 Å². The number of imidazole rings is 1. The standard InChI is InChI=1S/C19H32N4O/c1-2-18-20-10-14-23(18)15-11-21-19(24)9-8-16-6-5-13-22-12-4-3-7-17(16)22/h10,14,16-17H,2-9,11-13,15H2,1H3,(H,21,24)/t16-,17+/m0/s1. The first-order valence-electron chi connectivity index (χ1n) is 9.78. The summed E-state index contributed by atoms with van der Waals surface area (Å²) in [5.41, 5.74) is 0. The van der Waals surface area contributed by atoms with E-state index in [2.05, 4.69) is 26.7 Å². The van der Waals surface area contributed by atoms with Crippen LogP contribution in [-0.4, -0.2) is 46.0 Å². The first-order valence-corrected chi connectivity index (χ1v) is 9.78. The second-order valence-corrected chi connectivity index (χ2v) is 7.28. The number of carbonyl (C=O) groups excluding carboxylic acids is 1. The van der Waals surface area contributed by atoms with Gasteiger partial charge in [-0.2, -0.15) is 0 Å². The summed E-state index contributed by atoms with van der Waals surface area (Å²) in [4.78, 5) is 19.2. The molecule has 24 heavy (non-hydrogen) atoms. The molecule has 1 aromatic rings. The Kier molecular flexibility index (Phi) is 6.30. The Morgan fingerprint density at radius 1 is 1.29 bits per heavy atom. The van der Waals surface area contributed by atoms with E-state index in [1.165, 1.54) is 45.2 Å². The molecule has 2 atom stereocenters. The number of aromatic nitrogens is 2. The predicted octanol–water partition coefficient (Wildman–Crippen LogP) is 2.61. The lowest BCUT2D eigenvalue weighted by Crippen LogP contribution is -2.48. The maximum Gasteiger partial charge on any atom is 0.220 e. The van der Waals surface area contributed by atoms with Gasteiger partial charge in [0.1, 0.15) is 5.82 Å². The van der Waals surface area contributed by atoms with Crippen LogP contribution in [0.25, 0.3) is 0 Å². The van der Waals surface area contributed by atoms with Gasteiger partial charge in [0.05, 0.1) is 0 Å². The Morgan fingerprint density at radius 3 is 3.04 bits per heavy atom. The molecule has 0 spiro atoms. The number of rotatable bonds is 7. The number of nitrogens with one attached hydrogen (secondary N) is 1. The van der Waals surface area contributed by atoms with E-state index in [1.807, 2.05) is 12.4 Å². The highest BCUT2D eigenvalue weighted by molar-refractivity contribution is 5.75. The number of fused-ring (bicyclic) bond motifs is 1. The zero-order valence-electron chi connectivity index (χ0n) is 15.0. The molecule has 2 aliphatic heterocycles. The van der Waals surface area contributed by atoms with Crippen molar-refractivity contribution in [2.45, 2.75) is 70.9 Å². The number of amides is 1. The molecule has 0 radical (unpaired) electrons. The highest BCUT2D eigenvalue weighted by Gasteiger charge is 2.32. The first-order chi connectivity index (χ1) is 11.8. The summed E-state index contributed by atoms with van der Waals surface area (Å²) >= 11 is 0. The average Bonchev–Trinajstić information content (AvgIpc) is 3.07. The highest BCUT2D eigenvalue weighted by atomic mass is 16.1. The third-order valence-electron chi connectivity index (χ3n) is 5.76. The molecule has 2 saturated heterocycles. The first kappa shape index (κ1) is 17.5. The van der Waals surface area contributed by atoms with Crippen molar-refractivity contribution in [2.75, 3.05) is 19.6 Å². The van der Waals surface area contributed by atoms with E-state index in [0.29, 0.717) is 13.0 Å². The van der Waals surface area contributed by atoms with Gasteiger partial charge < -0.3 is 14.8 Å². The highest BCUT2D eigenvalue weighted by Crippen LogP contribution is 2.33. The van der Waals surface area contributed by atoms with Crippen molar-refractivity contribution in [3.63, 3.8) is 0 Å². The van der Waals surface area contributed by atoms with Gasteiger partial charge in [-0.15, -0.1) is 0 Å².